The zero-order valence-electron chi connectivity index (χ0n) is 23.2. The minimum atomic E-state index is -0.0772. The Hall–Kier alpha value is -4.86. The molecule has 0 amide bonds. The Labute approximate surface area is 246 Å². The lowest BCUT2D eigenvalue weighted by Crippen LogP contribution is -2.15. The minimum absolute atomic E-state index is 0.0772. The van der Waals surface area contributed by atoms with Crippen LogP contribution in [-0.4, -0.2) is 4.57 Å². The van der Waals surface area contributed by atoms with Crippen molar-refractivity contribution in [1.82, 2.24) is 4.57 Å². The SMILES string of the molecule is CC1(C)c2ccccc2-c2ccc(-n3c4ccccc4c4c5c6ccccc6sc5c5c6ccccc6oc5c43)cc21. The van der Waals surface area contributed by atoms with E-state index in [4.69, 9.17) is 4.42 Å². The van der Waals surface area contributed by atoms with Crippen LogP contribution in [0.1, 0.15) is 25.0 Å². The molecule has 0 saturated heterocycles. The van der Waals surface area contributed by atoms with Gasteiger partial charge >= 0.3 is 0 Å². The van der Waals surface area contributed by atoms with Crippen molar-refractivity contribution in [1.29, 1.82) is 0 Å². The summed E-state index contributed by atoms with van der Waals surface area (Å²) in [6.45, 7) is 4.71. The second-order valence-corrected chi connectivity index (χ2v) is 13.1. The van der Waals surface area contributed by atoms with Gasteiger partial charge in [0.05, 0.1) is 11.0 Å². The largest absolute Gasteiger partial charge is 0.454 e. The van der Waals surface area contributed by atoms with Gasteiger partial charge in [-0.05, 0) is 52.6 Å². The predicted octanol–water partition coefficient (Wildman–Crippen LogP) is 11.4. The van der Waals surface area contributed by atoms with Crippen LogP contribution in [0.5, 0.6) is 0 Å². The van der Waals surface area contributed by atoms with Crippen molar-refractivity contribution >= 4 is 75.3 Å². The number of furan rings is 1. The van der Waals surface area contributed by atoms with Gasteiger partial charge in [0.25, 0.3) is 0 Å². The van der Waals surface area contributed by atoms with Crippen molar-refractivity contribution in [2.45, 2.75) is 19.3 Å². The van der Waals surface area contributed by atoms with Gasteiger partial charge in [-0.25, -0.2) is 0 Å². The Bertz CT molecular complexity index is 2610. The molecule has 0 N–H and O–H groups in total. The molecule has 1 aliphatic carbocycles. The van der Waals surface area contributed by atoms with Crippen LogP contribution < -0.4 is 0 Å². The van der Waals surface area contributed by atoms with E-state index in [2.05, 4.69) is 134 Å². The second-order valence-electron chi connectivity index (χ2n) is 12.1. The number of fused-ring (bicyclic) bond motifs is 15. The van der Waals surface area contributed by atoms with Crippen molar-refractivity contribution in [3.8, 4) is 16.8 Å². The highest BCUT2D eigenvalue weighted by Crippen LogP contribution is 2.52. The lowest BCUT2D eigenvalue weighted by atomic mass is 9.82. The van der Waals surface area contributed by atoms with Crippen molar-refractivity contribution < 1.29 is 4.42 Å². The van der Waals surface area contributed by atoms with Crippen LogP contribution in [0, 0.1) is 0 Å². The standard InChI is InChI=1S/C39H25NOS/c1-39(2)28-15-7-3-11-23(28)24-20-19-22(21-29(24)39)40-30-16-8-4-12-25(30)33-34-27-14-6-10-18-32(27)42-38(34)35-26-13-5-9-17-31(26)41-37(35)36(33)40/h3-21H,1-2H3. The van der Waals surface area contributed by atoms with Crippen LogP contribution >= 0.6 is 11.3 Å². The van der Waals surface area contributed by atoms with Gasteiger partial charge in [-0.1, -0.05) is 98.8 Å². The van der Waals surface area contributed by atoms with Crippen molar-refractivity contribution in [3.63, 3.8) is 0 Å². The summed E-state index contributed by atoms with van der Waals surface area (Å²) in [4.78, 5) is 0. The van der Waals surface area contributed by atoms with Crippen LogP contribution in [0.25, 0.3) is 80.7 Å². The molecule has 2 nitrogen and oxygen atoms in total. The van der Waals surface area contributed by atoms with Gasteiger partial charge in [0.15, 0.2) is 5.58 Å². The van der Waals surface area contributed by atoms with E-state index in [1.54, 1.807) is 0 Å². The third-order valence-electron chi connectivity index (χ3n) is 9.58. The molecule has 0 radical (unpaired) electrons. The molecule has 9 aromatic rings. The first-order valence-corrected chi connectivity index (χ1v) is 15.4. The van der Waals surface area contributed by atoms with Gasteiger partial charge in [0.1, 0.15) is 5.58 Å². The van der Waals surface area contributed by atoms with E-state index in [0.717, 1.165) is 16.7 Å². The molecular weight excluding hydrogens is 531 g/mol. The molecule has 3 heterocycles. The average molecular weight is 556 g/mol. The van der Waals surface area contributed by atoms with Gasteiger partial charge in [-0.15, -0.1) is 11.3 Å². The number of para-hydroxylation sites is 2. The highest BCUT2D eigenvalue weighted by molar-refractivity contribution is 7.27. The summed E-state index contributed by atoms with van der Waals surface area (Å²) < 4.78 is 11.9. The van der Waals surface area contributed by atoms with Gasteiger partial charge < -0.3 is 8.98 Å². The second kappa shape index (κ2) is 7.70. The Balaban J connectivity index is 1.44. The maximum absolute atomic E-state index is 6.83. The monoisotopic (exact) mass is 555 g/mol. The Morgan fingerprint density at radius 1 is 0.619 bits per heavy atom. The molecule has 198 valence electrons. The van der Waals surface area contributed by atoms with Crippen molar-refractivity contribution in [2.75, 3.05) is 0 Å². The van der Waals surface area contributed by atoms with Gasteiger partial charge in [-0.2, -0.15) is 0 Å². The maximum Gasteiger partial charge on any atom is 0.161 e. The molecule has 0 aliphatic heterocycles. The molecule has 0 bridgehead atoms. The zero-order valence-corrected chi connectivity index (χ0v) is 24.0. The van der Waals surface area contributed by atoms with E-state index in [9.17, 15) is 0 Å². The molecular formula is C39H25NOS. The van der Waals surface area contributed by atoms with Crippen LogP contribution in [0.3, 0.4) is 0 Å². The maximum atomic E-state index is 6.83. The molecule has 3 aromatic heterocycles. The van der Waals surface area contributed by atoms with Crippen LogP contribution in [0.4, 0.5) is 0 Å². The first kappa shape index (κ1) is 22.8. The quantitative estimate of drug-likeness (QED) is 0.197. The van der Waals surface area contributed by atoms with E-state index in [1.165, 1.54) is 75.2 Å². The number of benzene rings is 6. The molecule has 10 rings (SSSR count). The summed E-state index contributed by atoms with van der Waals surface area (Å²) in [5.41, 5.74) is 10.8. The summed E-state index contributed by atoms with van der Waals surface area (Å²) in [6, 6.07) is 42.1. The van der Waals surface area contributed by atoms with Crippen LogP contribution in [0.2, 0.25) is 0 Å². The molecule has 1 aliphatic rings. The first-order chi connectivity index (χ1) is 20.6. The molecule has 3 heteroatoms. The number of aromatic nitrogens is 1. The van der Waals surface area contributed by atoms with Gasteiger partial charge in [0, 0.05) is 52.8 Å². The predicted molar refractivity (Wildman–Crippen MR) is 179 cm³/mol. The summed E-state index contributed by atoms with van der Waals surface area (Å²) in [5, 5.41) is 7.55. The van der Waals surface area contributed by atoms with Crippen LogP contribution in [-0.2, 0) is 5.41 Å². The third-order valence-corrected chi connectivity index (χ3v) is 10.8. The van der Waals surface area contributed by atoms with Gasteiger partial charge in [-0.3, -0.25) is 0 Å². The smallest absolute Gasteiger partial charge is 0.161 e. The highest BCUT2D eigenvalue weighted by Gasteiger charge is 2.35. The number of thiophene rings is 1. The lowest BCUT2D eigenvalue weighted by molar-refractivity contribution is 0.660. The van der Waals surface area contributed by atoms with E-state index in [0.29, 0.717) is 0 Å². The number of rotatable bonds is 1. The summed E-state index contributed by atoms with van der Waals surface area (Å²) in [6.07, 6.45) is 0. The van der Waals surface area contributed by atoms with E-state index >= 15 is 0 Å². The molecule has 42 heavy (non-hydrogen) atoms. The van der Waals surface area contributed by atoms with Crippen molar-refractivity contribution in [2.24, 2.45) is 0 Å². The lowest BCUT2D eigenvalue weighted by Gasteiger charge is -2.22. The fraction of sp³-hybridized carbons (Fsp3) is 0.0769. The first-order valence-electron chi connectivity index (χ1n) is 14.5. The Morgan fingerprint density at radius 2 is 1.33 bits per heavy atom. The molecule has 0 atom stereocenters. The minimum Gasteiger partial charge on any atom is -0.454 e. The normalized spacial score (nSPS) is 14.1. The fourth-order valence-electron chi connectivity index (χ4n) is 7.71. The van der Waals surface area contributed by atoms with Crippen molar-refractivity contribution in [3.05, 3.63) is 126 Å². The molecule has 0 fully saturated rings. The molecule has 0 saturated carbocycles. The van der Waals surface area contributed by atoms with E-state index in [1.807, 2.05) is 11.3 Å². The Kier molecular flexibility index (Phi) is 4.18. The molecule has 0 unspecified atom stereocenters. The topological polar surface area (TPSA) is 18.1 Å². The van der Waals surface area contributed by atoms with E-state index in [-0.39, 0.29) is 5.41 Å². The summed E-state index contributed by atoms with van der Waals surface area (Å²) in [7, 11) is 0. The Morgan fingerprint density at radius 3 is 2.24 bits per heavy atom. The highest BCUT2D eigenvalue weighted by atomic mass is 32.1. The summed E-state index contributed by atoms with van der Waals surface area (Å²) in [5.74, 6) is 0. The summed E-state index contributed by atoms with van der Waals surface area (Å²) >= 11 is 1.88. The number of nitrogens with zero attached hydrogens (tertiary/aromatic N) is 1. The van der Waals surface area contributed by atoms with Gasteiger partial charge in [0.2, 0.25) is 0 Å². The number of hydrogen-bond donors (Lipinski definition) is 0. The zero-order chi connectivity index (χ0) is 27.7. The molecule has 0 spiro atoms. The van der Waals surface area contributed by atoms with Crippen LogP contribution in [0.15, 0.2) is 120 Å². The fourth-order valence-corrected chi connectivity index (χ4v) is 8.98. The average Bonchev–Trinajstić information content (AvgIpc) is 3.74. The third kappa shape index (κ3) is 2.66. The molecule has 6 aromatic carbocycles. The van der Waals surface area contributed by atoms with E-state index < -0.39 is 0 Å². The number of hydrogen-bond acceptors (Lipinski definition) is 2.